The molecular formula is C20H22N4O2S. The van der Waals surface area contributed by atoms with E-state index in [0.717, 1.165) is 34.7 Å². The van der Waals surface area contributed by atoms with Gasteiger partial charge in [-0.05, 0) is 43.9 Å². The summed E-state index contributed by atoms with van der Waals surface area (Å²) >= 11 is 1.41. The van der Waals surface area contributed by atoms with Crippen LogP contribution in [0.3, 0.4) is 0 Å². The lowest BCUT2D eigenvalue weighted by atomic mass is 10.1. The molecule has 0 radical (unpaired) electrons. The van der Waals surface area contributed by atoms with E-state index in [9.17, 15) is 4.79 Å². The van der Waals surface area contributed by atoms with Crippen molar-refractivity contribution in [3.05, 3.63) is 41.0 Å². The van der Waals surface area contributed by atoms with Crippen LogP contribution in [-0.2, 0) is 0 Å². The summed E-state index contributed by atoms with van der Waals surface area (Å²) in [4.78, 5) is 25.7. The van der Waals surface area contributed by atoms with E-state index in [1.165, 1.54) is 30.6 Å². The van der Waals surface area contributed by atoms with Crippen LogP contribution in [0.5, 0.6) is 5.75 Å². The number of nitrogens with zero attached hydrogens (tertiary/aromatic N) is 3. The molecule has 0 bridgehead atoms. The SMILES string of the molecule is COc1ccccc1NC(=O)c1sc2ncnc(N3CCCCC3)c2c1C. The van der Waals surface area contributed by atoms with Crippen LogP contribution in [-0.4, -0.2) is 36.1 Å². The van der Waals surface area contributed by atoms with Gasteiger partial charge in [-0.15, -0.1) is 11.3 Å². The van der Waals surface area contributed by atoms with Crippen LogP contribution < -0.4 is 15.0 Å². The summed E-state index contributed by atoms with van der Waals surface area (Å²) in [5.41, 5.74) is 1.59. The molecule has 7 heteroatoms. The standard InChI is InChI=1S/C20H22N4O2S/c1-13-16-18(24-10-6-3-7-11-24)21-12-22-20(16)27-17(13)19(25)23-14-8-4-5-9-15(14)26-2/h4-5,8-9,12H,3,6-7,10-11H2,1-2H3,(H,23,25). The zero-order valence-electron chi connectivity index (χ0n) is 15.5. The van der Waals surface area contributed by atoms with Crippen molar-refractivity contribution in [3.63, 3.8) is 0 Å². The number of nitrogens with one attached hydrogen (secondary N) is 1. The van der Waals surface area contributed by atoms with Gasteiger partial charge in [0.1, 0.15) is 22.7 Å². The molecule has 0 atom stereocenters. The molecule has 140 valence electrons. The van der Waals surface area contributed by atoms with Crippen molar-refractivity contribution in [1.82, 2.24) is 9.97 Å². The number of anilines is 2. The van der Waals surface area contributed by atoms with Gasteiger partial charge in [-0.2, -0.15) is 0 Å². The largest absolute Gasteiger partial charge is 0.495 e. The Hall–Kier alpha value is -2.67. The van der Waals surface area contributed by atoms with E-state index >= 15 is 0 Å². The highest BCUT2D eigenvalue weighted by molar-refractivity contribution is 7.20. The topological polar surface area (TPSA) is 67.3 Å². The highest BCUT2D eigenvalue weighted by Crippen LogP contribution is 2.36. The van der Waals surface area contributed by atoms with E-state index in [1.54, 1.807) is 13.4 Å². The lowest BCUT2D eigenvalue weighted by molar-refractivity contribution is 0.102. The summed E-state index contributed by atoms with van der Waals surface area (Å²) < 4.78 is 5.33. The molecular weight excluding hydrogens is 360 g/mol. The zero-order chi connectivity index (χ0) is 18.8. The van der Waals surface area contributed by atoms with Gasteiger partial charge in [-0.1, -0.05) is 12.1 Å². The fourth-order valence-corrected chi connectivity index (χ4v) is 4.58. The molecule has 27 heavy (non-hydrogen) atoms. The Kier molecular flexibility index (Phi) is 4.94. The molecule has 1 aliphatic heterocycles. The second kappa shape index (κ2) is 7.52. The number of amides is 1. The average molecular weight is 382 g/mol. The minimum absolute atomic E-state index is 0.149. The van der Waals surface area contributed by atoms with Crippen molar-refractivity contribution in [1.29, 1.82) is 0 Å². The minimum atomic E-state index is -0.149. The summed E-state index contributed by atoms with van der Waals surface area (Å²) in [7, 11) is 1.59. The zero-order valence-corrected chi connectivity index (χ0v) is 16.3. The second-order valence-electron chi connectivity index (χ2n) is 6.64. The number of aryl methyl sites for hydroxylation is 1. The van der Waals surface area contributed by atoms with Crippen molar-refractivity contribution in [2.45, 2.75) is 26.2 Å². The molecule has 1 amide bonds. The van der Waals surface area contributed by atoms with E-state index in [0.29, 0.717) is 16.3 Å². The van der Waals surface area contributed by atoms with Crippen molar-refractivity contribution in [3.8, 4) is 5.75 Å². The highest BCUT2D eigenvalue weighted by Gasteiger charge is 2.23. The normalized spacial score (nSPS) is 14.4. The number of aromatic nitrogens is 2. The first-order chi connectivity index (χ1) is 13.2. The van der Waals surface area contributed by atoms with E-state index in [4.69, 9.17) is 4.74 Å². The Labute approximate surface area is 162 Å². The first-order valence-corrected chi connectivity index (χ1v) is 9.94. The van der Waals surface area contributed by atoms with Crippen molar-refractivity contribution >= 4 is 39.0 Å². The number of fused-ring (bicyclic) bond motifs is 1. The van der Waals surface area contributed by atoms with E-state index in [2.05, 4.69) is 20.2 Å². The van der Waals surface area contributed by atoms with Gasteiger partial charge >= 0.3 is 0 Å². The van der Waals surface area contributed by atoms with Gasteiger partial charge in [-0.25, -0.2) is 9.97 Å². The molecule has 1 aliphatic rings. The third-order valence-corrected chi connectivity index (χ3v) is 6.12. The molecule has 2 aromatic heterocycles. The number of methoxy groups -OCH3 is 1. The molecule has 1 aromatic carbocycles. The molecule has 3 heterocycles. The van der Waals surface area contributed by atoms with Crippen LogP contribution in [0, 0.1) is 6.92 Å². The van der Waals surface area contributed by atoms with Crippen LogP contribution >= 0.6 is 11.3 Å². The smallest absolute Gasteiger partial charge is 0.266 e. The molecule has 4 rings (SSSR count). The van der Waals surface area contributed by atoms with Crippen LogP contribution in [0.2, 0.25) is 0 Å². The molecule has 0 spiro atoms. The maximum atomic E-state index is 12.9. The summed E-state index contributed by atoms with van der Waals surface area (Å²) in [6.07, 6.45) is 5.22. The molecule has 3 aromatic rings. The quantitative estimate of drug-likeness (QED) is 0.731. The molecule has 6 nitrogen and oxygen atoms in total. The number of piperidine rings is 1. The van der Waals surface area contributed by atoms with Crippen molar-refractivity contribution in [2.75, 3.05) is 30.4 Å². The summed E-state index contributed by atoms with van der Waals surface area (Å²) in [5, 5.41) is 3.96. The lowest BCUT2D eigenvalue weighted by Gasteiger charge is -2.28. The van der Waals surface area contributed by atoms with Crippen LogP contribution in [0.15, 0.2) is 30.6 Å². The Morgan fingerprint density at radius 3 is 2.74 bits per heavy atom. The maximum Gasteiger partial charge on any atom is 0.266 e. The third-order valence-electron chi connectivity index (χ3n) is 4.92. The van der Waals surface area contributed by atoms with Gasteiger partial charge < -0.3 is 15.0 Å². The van der Waals surface area contributed by atoms with Gasteiger partial charge in [0.05, 0.1) is 23.1 Å². The van der Waals surface area contributed by atoms with Crippen molar-refractivity contribution in [2.24, 2.45) is 0 Å². The number of carbonyl (C=O) groups is 1. The average Bonchev–Trinajstić information content (AvgIpc) is 3.06. The molecule has 1 fully saturated rings. The Morgan fingerprint density at radius 1 is 1.19 bits per heavy atom. The van der Waals surface area contributed by atoms with Crippen LogP contribution in [0.4, 0.5) is 11.5 Å². The molecule has 1 saturated heterocycles. The number of hydrogen-bond acceptors (Lipinski definition) is 6. The second-order valence-corrected chi connectivity index (χ2v) is 7.63. The third kappa shape index (κ3) is 3.35. The predicted molar refractivity (Wildman–Crippen MR) is 109 cm³/mol. The fraction of sp³-hybridized carbons (Fsp3) is 0.350. The van der Waals surface area contributed by atoms with Gasteiger partial charge in [0.2, 0.25) is 0 Å². The predicted octanol–water partition coefficient (Wildman–Crippen LogP) is 4.25. The summed E-state index contributed by atoms with van der Waals surface area (Å²) in [6, 6.07) is 7.40. The number of thiophene rings is 1. The molecule has 0 aliphatic carbocycles. The number of benzene rings is 1. The number of ether oxygens (including phenoxy) is 1. The Balaban J connectivity index is 1.70. The van der Waals surface area contributed by atoms with E-state index < -0.39 is 0 Å². The fourth-order valence-electron chi connectivity index (χ4n) is 3.54. The van der Waals surface area contributed by atoms with Gasteiger partial charge in [0, 0.05) is 13.1 Å². The van der Waals surface area contributed by atoms with E-state index in [-0.39, 0.29) is 5.91 Å². The van der Waals surface area contributed by atoms with Gasteiger partial charge in [0.15, 0.2) is 0 Å². The number of rotatable bonds is 4. The summed E-state index contributed by atoms with van der Waals surface area (Å²) in [5.74, 6) is 1.44. The number of carbonyl (C=O) groups excluding carboxylic acids is 1. The Bertz CT molecular complexity index is 979. The maximum absolute atomic E-state index is 12.9. The molecule has 0 unspecified atom stereocenters. The first-order valence-electron chi connectivity index (χ1n) is 9.12. The number of hydrogen-bond donors (Lipinski definition) is 1. The minimum Gasteiger partial charge on any atom is -0.495 e. The van der Waals surface area contributed by atoms with Gasteiger partial charge in [0.25, 0.3) is 5.91 Å². The van der Waals surface area contributed by atoms with Crippen LogP contribution in [0.25, 0.3) is 10.2 Å². The Morgan fingerprint density at radius 2 is 1.96 bits per heavy atom. The van der Waals surface area contributed by atoms with Crippen LogP contribution in [0.1, 0.15) is 34.5 Å². The summed E-state index contributed by atoms with van der Waals surface area (Å²) in [6.45, 7) is 3.99. The lowest BCUT2D eigenvalue weighted by Crippen LogP contribution is -2.30. The van der Waals surface area contributed by atoms with Crippen molar-refractivity contribution < 1.29 is 9.53 Å². The molecule has 0 saturated carbocycles. The number of para-hydroxylation sites is 2. The highest BCUT2D eigenvalue weighted by atomic mass is 32.1. The van der Waals surface area contributed by atoms with E-state index in [1.807, 2.05) is 31.2 Å². The monoisotopic (exact) mass is 382 g/mol. The van der Waals surface area contributed by atoms with Gasteiger partial charge in [-0.3, -0.25) is 4.79 Å². The molecule has 1 N–H and O–H groups in total. The first kappa shape index (κ1) is 17.7.